The van der Waals surface area contributed by atoms with Crippen molar-refractivity contribution >= 4 is 34.6 Å². The number of Topliss-reactive ketones (excluding diaryl/α,β-unsaturated/α-hetero) is 1. The van der Waals surface area contributed by atoms with E-state index in [1.54, 1.807) is 58.0 Å². The highest BCUT2D eigenvalue weighted by atomic mass is 16.5. The van der Waals surface area contributed by atoms with E-state index >= 15 is 0 Å². The van der Waals surface area contributed by atoms with E-state index in [0.29, 0.717) is 22.6 Å². The zero-order valence-electron chi connectivity index (χ0n) is 26.2. The molecule has 3 aromatic heterocycles. The monoisotopic (exact) mass is 627 g/mol. The molecule has 0 radical (unpaired) electrons. The minimum atomic E-state index is -1.07. The largest absolute Gasteiger partial charge is 0.453 e. The fourth-order valence-electron chi connectivity index (χ4n) is 4.70. The number of ether oxygens (including phenoxy) is 1. The Hall–Kier alpha value is -5.66. The van der Waals surface area contributed by atoms with Crippen molar-refractivity contribution in [2.45, 2.75) is 52.6 Å². The molecule has 238 valence electrons. The number of methoxy groups -OCH3 is 1. The van der Waals surface area contributed by atoms with Crippen molar-refractivity contribution in [3.8, 4) is 11.4 Å². The summed E-state index contributed by atoms with van der Waals surface area (Å²) in [6.45, 7) is 8.50. The lowest BCUT2D eigenvalue weighted by Crippen LogP contribution is -2.46. The van der Waals surface area contributed by atoms with Crippen LogP contribution in [0.15, 0.2) is 68.4 Å². The van der Waals surface area contributed by atoms with Gasteiger partial charge in [-0.25, -0.2) is 14.8 Å². The summed E-state index contributed by atoms with van der Waals surface area (Å²) < 4.78 is 17.5. The normalized spacial score (nSPS) is 12.2. The molecule has 0 fully saturated rings. The zero-order valence-corrected chi connectivity index (χ0v) is 26.2. The van der Waals surface area contributed by atoms with Gasteiger partial charge in [0.15, 0.2) is 5.58 Å². The molecule has 1 atom stereocenters. The highest BCUT2D eigenvalue weighted by molar-refractivity contribution is 5.98. The average Bonchev–Trinajstić information content (AvgIpc) is 3.70. The first-order chi connectivity index (χ1) is 21.9. The van der Waals surface area contributed by atoms with Gasteiger partial charge in [-0.2, -0.15) is 0 Å². The predicted octanol–water partition coefficient (Wildman–Crippen LogP) is 4.27. The minimum absolute atomic E-state index is 0.105. The Morgan fingerprint density at radius 1 is 1.02 bits per heavy atom. The fraction of sp³-hybridized carbons (Fsp3) is 0.312. The number of fused-ring (bicyclic) bond motifs is 1. The number of amides is 2. The molecule has 14 heteroatoms. The molecule has 0 bridgehead atoms. The Balaban J connectivity index is 1.39. The molecular weight excluding hydrogens is 594 g/mol. The molecule has 0 aliphatic rings. The number of anilines is 1. The van der Waals surface area contributed by atoms with E-state index in [-0.39, 0.29) is 23.3 Å². The van der Waals surface area contributed by atoms with Gasteiger partial charge in [0.05, 0.1) is 19.3 Å². The van der Waals surface area contributed by atoms with Gasteiger partial charge >= 0.3 is 6.09 Å². The van der Waals surface area contributed by atoms with Crippen LogP contribution in [0.2, 0.25) is 0 Å². The molecule has 5 aromatic rings. The molecular formula is C32H33N7O7. The first kappa shape index (κ1) is 31.8. The molecule has 46 heavy (non-hydrogen) atoms. The summed E-state index contributed by atoms with van der Waals surface area (Å²) in [6, 6.07) is 13.3. The van der Waals surface area contributed by atoms with E-state index < -0.39 is 47.3 Å². The van der Waals surface area contributed by atoms with Gasteiger partial charge in [0.1, 0.15) is 29.0 Å². The highest BCUT2D eigenvalue weighted by Crippen LogP contribution is 2.32. The summed E-state index contributed by atoms with van der Waals surface area (Å²) in [6.07, 6.45) is 0.314. The van der Waals surface area contributed by atoms with E-state index in [4.69, 9.17) is 8.83 Å². The third-order valence-corrected chi connectivity index (χ3v) is 7.32. The molecule has 2 N–H and O–H groups in total. The van der Waals surface area contributed by atoms with Crippen LogP contribution >= 0.6 is 0 Å². The maximum absolute atomic E-state index is 13.6. The SMILES string of the molecule is COC(=O)Nc1cnc(-c2ccccc2)n(CC(=O)NC(C(=O)c2nnc(C(C)(C)c3nc4ccc(C)cc4o3)o2)C(C)C)c1=O. The average molecular weight is 628 g/mol. The Morgan fingerprint density at radius 2 is 1.76 bits per heavy atom. The molecule has 2 aromatic carbocycles. The summed E-state index contributed by atoms with van der Waals surface area (Å²) in [5, 5.41) is 13.1. The van der Waals surface area contributed by atoms with Crippen molar-refractivity contribution in [1.82, 2.24) is 30.0 Å². The van der Waals surface area contributed by atoms with Gasteiger partial charge in [0.2, 0.25) is 23.5 Å². The van der Waals surface area contributed by atoms with Crippen LogP contribution in [0.4, 0.5) is 10.5 Å². The second-order valence-corrected chi connectivity index (χ2v) is 11.6. The van der Waals surface area contributed by atoms with E-state index in [0.717, 1.165) is 17.2 Å². The van der Waals surface area contributed by atoms with E-state index in [2.05, 4.69) is 35.5 Å². The Morgan fingerprint density at radius 3 is 2.46 bits per heavy atom. The van der Waals surface area contributed by atoms with Crippen LogP contribution in [0.25, 0.3) is 22.5 Å². The van der Waals surface area contributed by atoms with Crippen LogP contribution in [0, 0.1) is 12.8 Å². The van der Waals surface area contributed by atoms with Gasteiger partial charge in [-0.1, -0.05) is 50.2 Å². The molecule has 0 saturated heterocycles. The number of ketones is 1. The van der Waals surface area contributed by atoms with Crippen LogP contribution in [0.1, 0.15) is 55.7 Å². The number of rotatable bonds is 10. The van der Waals surface area contributed by atoms with Crippen molar-refractivity contribution in [3.05, 3.63) is 88.3 Å². The predicted molar refractivity (Wildman–Crippen MR) is 166 cm³/mol. The van der Waals surface area contributed by atoms with Crippen LogP contribution in [0.3, 0.4) is 0 Å². The first-order valence-electron chi connectivity index (χ1n) is 14.4. The molecule has 3 heterocycles. The molecule has 1 unspecified atom stereocenters. The number of carbonyl (C=O) groups excluding carboxylic acids is 3. The fourth-order valence-corrected chi connectivity index (χ4v) is 4.70. The van der Waals surface area contributed by atoms with Gasteiger partial charge < -0.3 is 18.9 Å². The van der Waals surface area contributed by atoms with Gasteiger partial charge in [-0.15, -0.1) is 10.2 Å². The highest BCUT2D eigenvalue weighted by Gasteiger charge is 2.37. The van der Waals surface area contributed by atoms with Gasteiger partial charge in [-0.3, -0.25) is 24.3 Å². The molecule has 0 aliphatic heterocycles. The maximum Gasteiger partial charge on any atom is 0.411 e. The number of hydrogen-bond donors (Lipinski definition) is 2. The molecule has 0 saturated carbocycles. The Bertz CT molecular complexity index is 1980. The zero-order chi connectivity index (χ0) is 33.2. The van der Waals surface area contributed by atoms with Crippen molar-refractivity contribution in [2.75, 3.05) is 12.4 Å². The van der Waals surface area contributed by atoms with Gasteiger partial charge in [0.25, 0.3) is 11.4 Å². The minimum Gasteiger partial charge on any atom is -0.453 e. The number of aryl methyl sites for hydroxylation is 1. The summed E-state index contributed by atoms with van der Waals surface area (Å²) >= 11 is 0. The van der Waals surface area contributed by atoms with E-state index in [1.165, 1.54) is 6.20 Å². The summed E-state index contributed by atoms with van der Waals surface area (Å²) in [4.78, 5) is 61.0. The number of carbonyl (C=O) groups is 3. The second-order valence-electron chi connectivity index (χ2n) is 11.6. The topological polar surface area (TPSA) is 184 Å². The number of nitrogens with zero attached hydrogens (tertiary/aromatic N) is 5. The van der Waals surface area contributed by atoms with Crippen molar-refractivity contribution < 1.29 is 28.0 Å². The van der Waals surface area contributed by atoms with Crippen LogP contribution < -0.4 is 16.2 Å². The van der Waals surface area contributed by atoms with Crippen LogP contribution in [-0.4, -0.2) is 55.7 Å². The molecule has 14 nitrogen and oxygen atoms in total. The van der Waals surface area contributed by atoms with Gasteiger partial charge in [-0.05, 0) is 44.4 Å². The number of hydrogen-bond acceptors (Lipinski definition) is 11. The van der Waals surface area contributed by atoms with Crippen LogP contribution in [-0.2, 0) is 21.5 Å². The van der Waals surface area contributed by atoms with Crippen LogP contribution in [0.5, 0.6) is 0 Å². The molecule has 0 aliphatic carbocycles. The lowest BCUT2D eigenvalue weighted by atomic mass is 9.93. The Kier molecular flexibility index (Phi) is 8.80. The summed E-state index contributed by atoms with van der Waals surface area (Å²) in [7, 11) is 1.15. The van der Waals surface area contributed by atoms with Crippen molar-refractivity contribution in [2.24, 2.45) is 5.92 Å². The summed E-state index contributed by atoms with van der Waals surface area (Å²) in [5.74, 6) is -1.35. The first-order valence-corrected chi connectivity index (χ1v) is 14.4. The Labute approximate surface area is 263 Å². The van der Waals surface area contributed by atoms with Crippen molar-refractivity contribution in [1.29, 1.82) is 0 Å². The standard InChI is InChI=1S/C32H33N7O7/c1-17(2)24(25(41)27-37-38-30(46-27)32(4,5)29-34-20-13-12-18(3)14-22(20)45-29)36-23(40)16-39-26(19-10-8-7-9-11-19)33-15-21(28(39)42)35-31(43)44-6/h7-15,17,24H,16H2,1-6H3,(H,35,43)(H,36,40). The molecule has 2 amide bonds. The van der Waals surface area contributed by atoms with Crippen molar-refractivity contribution in [3.63, 3.8) is 0 Å². The molecule has 5 rings (SSSR count). The number of nitrogens with one attached hydrogen (secondary N) is 2. The molecule has 0 spiro atoms. The van der Waals surface area contributed by atoms with E-state index in [1.807, 2.05) is 25.1 Å². The third-order valence-electron chi connectivity index (χ3n) is 7.32. The lowest BCUT2D eigenvalue weighted by Gasteiger charge is -2.21. The lowest BCUT2D eigenvalue weighted by molar-refractivity contribution is -0.122. The quantitative estimate of drug-likeness (QED) is 0.211. The summed E-state index contributed by atoms with van der Waals surface area (Å²) in [5.41, 5.74) is 0.999. The number of aromatic nitrogens is 5. The van der Waals surface area contributed by atoms with E-state index in [9.17, 15) is 19.2 Å². The maximum atomic E-state index is 13.6. The number of benzene rings is 2. The second kappa shape index (κ2) is 12.8. The third kappa shape index (κ3) is 6.41. The van der Waals surface area contributed by atoms with Gasteiger partial charge in [0, 0.05) is 5.56 Å². The smallest absolute Gasteiger partial charge is 0.411 e. The number of oxazole rings is 1.